The van der Waals surface area contributed by atoms with Gasteiger partial charge in [0.05, 0.1) is 5.92 Å². The van der Waals surface area contributed by atoms with E-state index >= 15 is 0 Å². The molecule has 0 radical (unpaired) electrons. The van der Waals surface area contributed by atoms with Crippen LogP contribution in [0.3, 0.4) is 0 Å². The molecule has 0 aliphatic rings. The summed E-state index contributed by atoms with van der Waals surface area (Å²) < 4.78 is 4.73. The third-order valence-electron chi connectivity index (χ3n) is 2.69. The average molecular weight is 271 g/mol. The monoisotopic (exact) mass is 271 g/mol. The Kier molecular flexibility index (Phi) is 7.87. The fourth-order valence-electron chi connectivity index (χ4n) is 1.53. The molecular weight excluding hydrogens is 246 g/mol. The van der Waals surface area contributed by atoms with Gasteiger partial charge >= 0.3 is 12.1 Å². The zero-order chi connectivity index (χ0) is 14.9. The van der Waals surface area contributed by atoms with Crippen molar-refractivity contribution in [3.8, 4) is 0 Å². The molecule has 1 atom stereocenters. The van der Waals surface area contributed by atoms with Crippen molar-refractivity contribution in [1.29, 1.82) is 0 Å². The first kappa shape index (κ1) is 17.5. The molecule has 0 saturated carbocycles. The second kappa shape index (κ2) is 8.56. The van der Waals surface area contributed by atoms with Crippen LogP contribution in [0.5, 0.6) is 0 Å². The lowest BCUT2D eigenvalue weighted by Gasteiger charge is -2.21. The highest BCUT2D eigenvalue weighted by Gasteiger charge is 2.20. The smallest absolute Gasteiger partial charge is 0.407 e. The highest BCUT2D eigenvalue weighted by molar-refractivity contribution is 5.70. The lowest BCUT2D eigenvalue weighted by Crippen LogP contribution is -2.28. The molecule has 0 rings (SSSR count). The molecule has 2 N–H and O–H groups in total. The minimum atomic E-state index is -0.814. The summed E-state index contributed by atoms with van der Waals surface area (Å²) in [6.45, 7) is 10.1. The maximum Gasteiger partial charge on any atom is 0.407 e. The van der Waals surface area contributed by atoms with Gasteiger partial charge in [-0.2, -0.15) is 0 Å². The van der Waals surface area contributed by atoms with Crippen LogP contribution in [0, 0.1) is 11.3 Å². The zero-order valence-corrected chi connectivity index (χ0v) is 12.1. The van der Waals surface area contributed by atoms with Gasteiger partial charge in [-0.15, -0.1) is 0 Å². The molecule has 0 aromatic rings. The summed E-state index contributed by atoms with van der Waals surface area (Å²) in [4.78, 5) is 22.2. The van der Waals surface area contributed by atoms with Gasteiger partial charge in [0.25, 0.3) is 0 Å². The van der Waals surface area contributed by atoms with Gasteiger partial charge in [0.15, 0.2) is 0 Å². The lowest BCUT2D eigenvalue weighted by atomic mass is 9.86. The van der Waals surface area contributed by atoms with E-state index in [1.807, 2.05) is 0 Å². The van der Waals surface area contributed by atoms with E-state index in [2.05, 4.69) is 32.7 Å². The normalized spacial score (nSPS) is 12.6. The van der Waals surface area contributed by atoms with Crippen LogP contribution in [0.15, 0.2) is 12.7 Å². The first-order chi connectivity index (χ1) is 8.76. The molecule has 1 unspecified atom stereocenters. The van der Waals surface area contributed by atoms with Gasteiger partial charge < -0.3 is 15.2 Å². The molecule has 110 valence electrons. The number of amides is 1. The van der Waals surface area contributed by atoms with E-state index < -0.39 is 18.0 Å². The molecule has 0 aliphatic heterocycles. The molecule has 0 saturated heterocycles. The Hall–Kier alpha value is -1.52. The van der Waals surface area contributed by atoms with Gasteiger partial charge in [0.1, 0.15) is 6.61 Å². The van der Waals surface area contributed by atoms with Gasteiger partial charge in [-0.05, 0) is 24.7 Å². The Morgan fingerprint density at radius 1 is 1.37 bits per heavy atom. The summed E-state index contributed by atoms with van der Waals surface area (Å²) in [5.74, 6) is -1.25. The second-order valence-electron chi connectivity index (χ2n) is 5.74. The topological polar surface area (TPSA) is 75.6 Å². The maximum absolute atomic E-state index is 11.1. The largest absolute Gasteiger partial charge is 0.481 e. The molecule has 19 heavy (non-hydrogen) atoms. The van der Waals surface area contributed by atoms with Crippen molar-refractivity contribution in [3.63, 3.8) is 0 Å². The van der Waals surface area contributed by atoms with Gasteiger partial charge in [-0.1, -0.05) is 33.4 Å². The molecule has 0 aromatic heterocycles. The first-order valence-corrected chi connectivity index (χ1v) is 6.50. The quantitative estimate of drug-likeness (QED) is 0.666. The van der Waals surface area contributed by atoms with Gasteiger partial charge in [-0.3, -0.25) is 4.79 Å². The van der Waals surface area contributed by atoms with Crippen molar-refractivity contribution in [2.75, 3.05) is 13.2 Å². The second-order valence-corrected chi connectivity index (χ2v) is 5.74. The van der Waals surface area contributed by atoms with Gasteiger partial charge in [0.2, 0.25) is 0 Å². The highest BCUT2D eigenvalue weighted by Crippen LogP contribution is 2.24. The first-order valence-electron chi connectivity index (χ1n) is 6.50. The maximum atomic E-state index is 11.1. The van der Waals surface area contributed by atoms with Crippen molar-refractivity contribution < 1.29 is 19.4 Å². The van der Waals surface area contributed by atoms with Crippen molar-refractivity contribution in [1.82, 2.24) is 5.32 Å². The molecule has 5 heteroatoms. The van der Waals surface area contributed by atoms with E-state index in [1.165, 1.54) is 6.08 Å². The van der Waals surface area contributed by atoms with E-state index in [0.717, 1.165) is 6.42 Å². The predicted molar refractivity (Wildman–Crippen MR) is 74.0 cm³/mol. The summed E-state index contributed by atoms with van der Waals surface area (Å²) in [6.07, 6.45) is 2.80. The number of carboxylic acid groups (broad SMARTS) is 1. The molecule has 5 nitrogen and oxygen atoms in total. The molecule has 1 amide bonds. The standard InChI is InChI=1S/C14H25NO4/c1-5-10-19-13(18)15-9-7-11(12(16)17)6-8-14(2,3)4/h5,11H,1,6-10H2,2-4H3,(H,15,18)(H,16,17). The Balaban J connectivity index is 3.98. The fraction of sp³-hybridized carbons (Fsp3) is 0.714. The molecule has 0 spiro atoms. The molecule has 0 fully saturated rings. The highest BCUT2D eigenvalue weighted by atomic mass is 16.5. The predicted octanol–water partition coefficient (Wildman–Crippen LogP) is 2.82. The molecule has 0 aromatic carbocycles. The number of carbonyl (C=O) groups excluding carboxylic acids is 1. The summed E-state index contributed by atoms with van der Waals surface area (Å²) in [7, 11) is 0. The summed E-state index contributed by atoms with van der Waals surface area (Å²) in [5, 5.41) is 11.6. The third-order valence-corrected chi connectivity index (χ3v) is 2.69. The fourth-order valence-corrected chi connectivity index (χ4v) is 1.53. The number of rotatable bonds is 8. The number of carboxylic acids is 1. The van der Waals surface area contributed by atoms with E-state index in [-0.39, 0.29) is 12.0 Å². The van der Waals surface area contributed by atoms with Crippen LogP contribution < -0.4 is 5.32 Å². The number of ether oxygens (including phenoxy) is 1. The number of aliphatic carboxylic acids is 1. The number of hydrogen-bond donors (Lipinski definition) is 2. The average Bonchev–Trinajstić information content (AvgIpc) is 2.29. The van der Waals surface area contributed by atoms with Crippen LogP contribution in [0.25, 0.3) is 0 Å². The number of alkyl carbamates (subject to hydrolysis) is 1. The molecule has 0 aliphatic carbocycles. The Bertz CT molecular complexity index is 307. The lowest BCUT2D eigenvalue weighted by molar-refractivity contribution is -0.142. The van der Waals surface area contributed by atoms with E-state index in [1.54, 1.807) is 0 Å². The van der Waals surface area contributed by atoms with Crippen molar-refractivity contribution in [2.45, 2.75) is 40.0 Å². The van der Waals surface area contributed by atoms with Crippen LogP contribution >= 0.6 is 0 Å². The molecule has 0 bridgehead atoms. The molecular formula is C14H25NO4. The Morgan fingerprint density at radius 3 is 2.47 bits per heavy atom. The SMILES string of the molecule is C=CCOC(=O)NCCC(CCC(C)(C)C)C(=O)O. The van der Waals surface area contributed by atoms with Crippen LogP contribution in [-0.2, 0) is 9.53 Å². The van der Waals surface area contributed by atoms with E-state index in [4.69, 9.17) is 9.84 Å². The zero-order valence-electron chi connectivity index (χ0n) is 12.1. The number of carbonyl (C=O) groups is 2. The Labute approximate surface area is 115 Å². The molecule has 0 heterocycles. The number of nitrogens with one attached hydrogen (secondary N) is 1. The summed E-state index contributed by atoms with van der Waals surface area (Å²) in [6, 6.07) is 0. The van der Waals surface area contributed by atoms with Crippen LogP contribution in [0.4, 0.5) is 4.79 Å². The van der Waals surface area contributed by atoms with Crippen LogP contribution in [0.1, 0.15) is 40.0 Å². The third kappa shape index (κ3) is 10.1. The van der Waals surface area contributed by atoms with E-state index in [0.29, 0.717) is 19.4 Å². The summed E-state index contributed by atoms with van der Waals surface area (Å²) in [5.41, 5.74) is 0.115. The summed E-state index contributed by atoms with van der Waals surface area (Å²) >= 11 is 0. The van der Waals surface area contributed by atoms with Crippen LogP contribution in [0.2, 0.25) is 0 Å². The van der Waals surface area contributed by atoms with Crippen LogP contribution in [-0.4, -0.2) is 30.3 Å². The Morgan fingerprint density at radius 2 is 2.00 bits per heavy atom. The van der Waals surface area contributed by atoms with Gasteiger partial charge in [0, 0.05) is 6.54 Å². The minimum Gasteiger partial charge on any atom is -0.481 e. The minimum absolute atomic E-state index is 0.115. The van der Waals surface area contributed by atoms with E-state index in [9.17, 15) is 9.59 Å². The number of hydrogen-bond acceptors (Lipinski definition) is 3. The van der Waals surface area contributed by atoms with Crippen molar-refractivity contribution in [3.05, 3.63) is 12.7 Å². The van der Waals surface area contributed by atoms with Gasteiger partial charge in [-0.25, -0.2) is 4.79 Å². The van der Waals surface area contributed by atoms with Crippen molar-refractivity contribution >= 4 is 12.1 Å². The van der Waals surface area contributed by atoms with Crippen molar-refractivity contribution in [2.24, 2.45) is 11.3 Å².